The molecule has 0 aliphatic carbocycles. The number of hydrogen-bond donors (Lipinski definition) is 2. The minimum absolute atomic E-state index is 0.509. The van der Waals surface area contributed by atoms with Crippen LogP contribution in [0.5, 0.6) is 5.75 Å². The Labute approximate surface area is 153 Å². The van der Waals surface area contributed by atoms with Crippen LogP contribution in [0.2, 0.25) is 0 Å². The second-order valence-electron chi connectivity index (χ2n) is 6.08. The number of aromatic nitrogens is 3. The van der Waals surface area contributed by atoms with Crippen molar-refractivity contribution in [2.45, 2.75) is 20.3 Å². The predicted octanol–water partition coefficient (Wildman–Crippen LogP) is 3.90. The number of methoxy groups -OCH3 is 1. The molecule has 3 rings (SSSR count). The molecular formula is C20H23N5O. The van der Waals surface area contributed by atoms with E-state index in [-0.39, 0.29) is 0 Å². The van der Waals surface area contributed by atoms with E-state index >= 15 is 0 Å². The molecule has 0 saturated carbocycles. The number of rotatable bonds is 7. The summed E-state index contributed by atoms with van der Waals surface area (Å²) in [5.41, 5.74) is 4.60. The van der Waals surface area contributed by atoms with Gasteiger partial charge in [-0.1, -0.05) is 30.3 Å². The second kappa shape index (κ2) is 8.29. The fraction of sp³-hybridized carbons (Fsp3) is 0.250. The maximum absolute atomic E-state index is 5.17. The first-order chi connectivity index (χ1) is 12.7. The molecule has 6 nitrogen and oxygen atoms in total. The molecule has 0 spiro atoms. The summed E-state index contributed by atoms with van der Waals surface area (Å²) in [4.78, 5) is 4.49. The zero-order chi connectivity index (χ0) is 18.4. The molecule has 0 amide bonds. The molecule has 0 aliphatic rings. The van der Waals surface area contributed by atoms with Crippen LogP contribution in [0.25, 0.3) is 0 Å². The van der Waals surface area contributed by atoms with Gasteiger partial charge in [0.05, 0.1) is 13.3 Å². The van der Waals surface area contributed by atoms with Crippen LogP contribution in [0, 0.1) is 13.8 Å². The zero-order valence-electron chi connectivity index (χ0n) is 15.3. The SMILES string of the molecule is COc1ccc(CCNc2nncc(Nc3c(C)cccc3C)n2)cc1. The Kier molecular flexibility index (Phi) is 5.63. The lowest BCUT2D eigenvalue weighted by atomic mass is 10.1. The first kappa shape index (κ1) is 17.7. The third-order valence-electron chi connectivity index (χ3n) is 4.15. The average molecular weight is 349 g/mol. The Morgan fingerprint density at radius 3 is 2.42 bits per heavy atom. The number of anilines is 3. The molecule has 134 valence electrons. The fourth-order valence-corrected chi connectivity index (χ4v) is 2.69. The lowest BCUT2D eigenvalue weighted by Crippen LogP contribution is -2.10. The Morgan fingerprint density at radius 2 is 1.73 bits per heavy atom. The number of ether oxygens (including phenoxy) is 1. The van der Waals surface area contributed by atoms with Gasteiger partial charge in [0.25, 0.3) is 0 Å². The zero-order valence-corrected chi connectivity index (χ0v) is 15.3. The lowest BCUT2D eigenvalue weighted by molar-refractivity contribution is 0.414. The van der Waals surface area contributed by atoms with Gasteiger partial charge in [-0.3, -0.25) is 0 Å². The van der Waals surface area contributed by atoms with E-state index in [0.717, 1.165) is 35.5 Å². The quantitative estimate of drug-likeness (QED) is 0.674. The summed E-state index contributed by atoms with van der Waals surface area (Å²) in [6.45, 7) is 4.86. The van der Waals surface area contributed by atoms with Crippen LogP contribution in [0.4, 0.5) is 17.5 Å². The van der Waals surface area contributed by atoms with Gasteiger partial charge < -0.3 is 15.4 Å². The maximum Gasteiger partial charge on any atom is 0.244 e. The highest BCUT2D eigenvalue weighted by Gasteiger charge is 2.05. The van der Waals surface area contributed by atoms with Crippen molar-refractivity contribution in [3.8, 4) is 5.75 Å². The molecule has 0 radical (unpaired) electrons. The Bertz CT molecular complexity index is 844. The summed E-state index contributed by atoms with van der Waals surface area (Å²) in [5.74, 6) is 2.04. The van der Waals surface area contributed by atoms with Crippen molar-refractivity contribution in [1.82, 2.24) is 15.2 Å². The first-order valence-corrected chi connectivity index (χ1v) is 8.55. The van der Waals surface area contributed by atoms with E-state index in [0.29, 0.717) is 11.8 Å². The highest BCUT2D eigenvalue weighted by atomic mass is 16.5. The van der Waals surface area contributed by atoms with Gasteiger partial charge in [-0.25, -0.2) is 0 Å². The lowest BCUT2D eigenvalue weighted by Gasteiger charge is -2.12. The number of hydrogen-bond acceptors (Lipinski definition) is 6. The van der Waals surface area contributed by atoms with Gasteiger partial charge in [0.15, 0.2) is 5.82 Å². The van der Waals surface area contributed by atoms with Crippen molar-refractivity contribution in [2.75, 3.05) is 24.3 Å². The second-order valence-corrected chi connectivity index (χ2v) is 6.08. The van der Waals surface area contributed by atoms with E-state index in [1.54, 1.807) is 13.3 Å². The van der Waals surface area contributed by atoms with Gasteiger partial charge in [-0.15, -0.1) is 5.10 Å². The van der Waals surface area contributed by atoms with Gasteiger partial charge in [-0.05, 0) is 49.1 Å². The minimum Gasteiger partial charge on any atom is -0.497 e. The number of nitrogens with one attached hydrogen (secondary N) is 2. The van der Waals surface area contributed by atoms with E-state index in [2.05, 4.69) is 63.9 Å². The average Bonchev–Trinajstić information content (AvgIpc) is 2.66. The summed E-state index contributed by atoms with van der Waals surface area (Å²) in [6, 6.07) is 14.2. The van der Waals surface area contributed by atoms with Crippen LogP contribution in [0.15, 0.2) is 48.7 Å². The summed E-state index contributed by atoms with van der Waals surface area (Å²) in [7, 11) is 1.67. The predicted molar refractivity (Wildman–Crippen MR) is 104 cm³/mol. The molecule has 1 heterocycles. The molecule has 0 aliphatic heterocycles. The molecule has 0 fully saturated rings. The smallest absolute Gasteiger partial charge is 0.244 e. The van der Waals surface area contributed by atoms with Crippen LogP contribution in [-0.2, 0) is 6.42 Å². The summed E-state index contributed by atoms with van der Waals surface area (Å²) >= 11 is 0. The van der Waals surface area contributed by atoms with Crippen molar-refractivity contribution in [3.05, 3.63) is 65.4 Å². The number of para-hydroxylation sites is 1. The Hall–Kier alpha value is -3.15. The van der Waals surface area contributed by atoms with E-state index in [4.69, 9.17) is 4.74 Å². The molecule has 26 heavy (non-hydrogen) atoms. The minimum atomic E-state index is 0.509. The third-order valence-corrected chi connectivity index (χ3v) is 4.15. The van der Waals surface area contributed by atoms with Crippen molar-refractivity contribution >= 4 is 17.5 Å². The monoisotopic (exact) mass is 349 g/mol. The standard InChI is InChI=1S/C20H23N5O/c1-14-5-4-6-15(2)19(14)23-18-13-22-25-20(24-18)21-12-11-16-7-9-17(26-3)10-8-16/h4-10,13H,11-12H2,1-3H3,(H2,21,23,24,25). The van der Waals surface area contributed by atoms with Crippen LogP contribution >= 0.6 is 0 Å². The van der Waals surface area contributed by atoms with Crippen LogP contribution < -0.4 is 15.4 Å². The van der Waals surface area contributed by atoms with Crippen molar-refractivity contribution < 1.29 is 4.74 Å². The molecular weight excluding hydrogens is 326 g/mol. The van der Waals surface area contributed by atoms with E-state index in [1.807, 2.05) is 18.2 Å². The van der Waals surface area contributed by atoms with Crippen LogP contribution in [0.3, 0.4) is 0 Å². The topological polar surface area (TPSA) is 72.0 Å². The summed E-state index contributed by atoms with van der Waals surface area (Å²) in [6.07, 6.45) is 2.49. The van der Waals surface area contributed by atoms with E-state index < -0.39 is 0 Å². The molecule has 0 bridgehead atoms. The number of aryl methyl sites for hydroxylation is 2. The van der Waals surface area contributed by atoms with Gasteiger partial charge in [0.1, 0.15) is 5.75 Å². The van der Waals surface area contributed by atoms with Crippen LogP contribution in [0.1, 0.15) is 16.7 Å². The largest absolute Gasteiger partial charge is 0.497 e. The molecule has 6 heteroatoms. The van der Waals surface area contributed by atoms with Gasteiger partial charge in [0.2, 0.25) is 5.95 Å². The Morgan fingerprint density at radius 1 is 1.00 bits per heavy atom. The molecule has 3 aromatic rings. The van der Waals surface area contributed by atoms with E-state index in [1.165, 1.54) is 5.56 Å². The molecule has 2 aromatic carbocycles. The highest BCUT2D eigenvalue weighted by Crippen LogP contribution is 2.23. The molecule has 0 atom stereocenters. The van der Waals surface area contributed by atoms with Gasteiger partial charge in [0, 0.05) is 12.2 Å². The molecule has 1 aromatic heterocycles. The number of benzene rings is 2. The summed E-state index contributed by atoms with van der Waals surface area (Å²) < 4.78 is 5.17. The highest BCUT2D eigenvalue weighted by molar-refractivity contribution is 5.64. The first-order valence-electron chi connectivity index (χ1n) is 8.55. The van der Waals surface area contributed by atoms with Crippen molar-refractivity contribution in [3.63, 3.8) is 0 Å². The number of nitrogens with zero attached hydrogens (tertiary/aromatic N) is 3. The molecule has 0 saturated heterocycles. The van der Waals surface area contributed by atoms with Crippen molar-refractivity contribution in [1.29, 1.82) is 0 Å². The third kappa shape index (κ3) is 4.47. The summed E-state index contributed by atoms with van der Waals surface area (Å²) in [5, 5.41) is 14.6. The van der Waals surface area contributed by atoms with Gasteiger partial charge in [-0.2, -0.15) is 10.1 Å². The van der Waals surface area contributed by atoms with E-state index in [9.17, 15) is 0 Å². The van der Waals surface area contributed by atoms with Crippen LogP contribution in [-0.4, -0.2) is 28.8 Å². The molecule has 0 unspecified atom stereocenters. The van der Waals surface area contributed by atoms with Gasteiger partial charge >= 0.3 is 0 Å². The molecule has 2 N–H and O–H groups in total. The van der Waals surface area contributed by atoms with Crippen molar-refractivity contribution in [2.24, 2.45) is 0 Å². The Balaban J connectivity index is 1.60. The normalized spacial score (nSPS) is 10.4. The fourth-order valence-electron chi connectivity index (χ4n) is 2.69. The maximum atomic E-state index is 5.17.